The Morgan fingerprint density at radius 3 is 1.35 bits per heavy atom. The van der Waals surface area contributed by atoms with E-state index in [9.17, 15) is 29.8 Å². The molecular formula is C21H24N4O6. The van der Waals surface area contributed by atoms with Gasteiger partial charge in [0.25, 0.3) is 11.4 Å². The lowest BCUT2D eigenvalue weighted by atomic mass is 9.93. The molecule has 10 nitrogen and oxygen atoms in total. The van der Waals surface area contributed by atoms with Crippen LogP contribution in [0.5, 0.6) is 0 Å². The lowest BCUT2D eigenvalue weighted by Gasteiger charge is -2.25. The first-order valence-electron chi connectivity index (χ1n) is 9.56. The van der Waals surface area contributed by atoms with Crippen molar-refractivity contribution in [1.82, 2.24) is 10.6 Å². The van der Waals surface area contributed by atoms with Gasteiger partial charge in [-0.15, -0.1) is 0 Å². The Balaban J connectivity index is 1.76. The Bertz CT molecular complexity index is 877. The summed E-state index contributed by atoms with van der Waals surface area (Å²) in [5, 5.41) is 27.0. The van der Waals surface area contributed by atoms with Gasteiger partial charge in [0.05, 0.1) is 22.7 Å². The molecule has 0 spiro atoms. The minimum Gasteiger partial charge on any atom is -0.355 e. The van der Waals surface area contributed by atoms with E-state index in [0.717, 1.165) is 0 Å². The number of nitro groups is 2. The second-order valence-corrected chi connectivity index (χ2v) is 7.92. The summed E-state index contributed by atoms with van der Waals surface area (Å²) in [6, 6.07) is 11.6. The largest absolute Gasteiger partial charge is 0.355 e. The van der Waals surface area contributed by atoms with Crippen molar-refractivity contribution < 1.29 is 19.4 Å². The summed E-state index contributed by atoms with van der Waals surface area (Å²) in [5.74, 6) is -0.446. The van der Waals surface area contributed by atoms with Crippen LogP contribution >= 0.6 is 0 Å². The monoisotopic (exact) mass is 428 g/mol. The molecule has 0 aliphatic rings. The molecular weight excluding hydrogens is 404 g/mol. The maximum atomic E-state index is 12.2. The third-order valence-corrected chi connectivity index (χ3v) is 4.55. The molecule has 0 atom stereocenters. The van der Waals surface area contributed by atoms with E-state index < -0.39 is 15.3 Å². The zero-order chi connectivity index (χ0) is 23.0. The first-order chi connectivity index (χ1) is 14.6. The van der Waals surface area contributed by atoms with Crippen LogP contribution in [0.1, 0.15) is 25.0 Å². The van der Waals surface area contributed by atoms with Crippen LogP contribution in [0, 0.1) is 25.6 Å². The Kier molecular flexibility index (Phi) is 7.78. The average molecular weight is 428 g/mol. The molecule has 10 heteroatoms. The maximum Gasteiger partial charge on any atom is 0.269 e. The molecule has 0 saturated carbocycles. The molecule has 2 aromatic rings. The van der Waals surface area contributed by atoms with Crippen molar-refractivity contribution in [3.63, 3.8) is 0 Å². The van der Waals surface area contributed by atoms with Crippen LogP contribution in [-0.4, -0.2) is 34.8 Å². The molecule has 0 aromatic heterocycles. The van der Waals surface area contributed by atoms with Crippen LogP contribution < -0.4 is 10.6 Å². The van der Waals surface area contributed by atoms with Crippen LogP contribution in [0.2, 0.25) is 0 Å². The van der Waals surface area contributed by atoms with E-state index in [1.165, 1.54) is 24.3 Å². The SMILES string of the molecule is CC(C)(CNC(=O)Cc1ccc([N+](=O)[O-])cc1)CNC(=O)Cc1ccc([N+](=O)[O-])cc1. The van der Waals surface area contributed by atoms with Crippen LogP contribution in [0.3, 0.4) is 0 Å². The van der Waals surface area contributed by atoms with Crippen LogP contribution in [-0.2, 0) is 22.4 Å². The van der Waals surface area contributed by atoms with Crippen molar-refractivity contribution >= 4 is 23.2 Å². The number of rotatable bonds is 10. The number of carbonyl (C=O) groups excluding carboxylic acids is 2. The highest BCUT2D eigenvalue weighted by Gasteiger charge is 2.20. The second-order valence-electron chi connectivity index (χ2n) is 7.92. The molecule has 2 N–H and O–H groups in total. The Morgan fingerprint density at radius 1 is 0.742 bits per heavy atom. The highest BCUT2D eigenvalue weighted by molar-refractivity contribution is 5.79. The number of nitrogens with one attached hydrogen (secondary N) is 2. The van der Waals surface area contributed by atoms with Crippen molar-refractivity contribution in [2.75, 3.05) is 13.1 Å². The van der Waals surface area contributed by atoms with Crippen molar-refractivity contribution in [1.29, 1.82) is 0 Å². The quantitative estimate of drug-likeness (QED) is 0.439. The highest BCUT2D eigenvalue weighted by Crippen LogP contribution is 2.15. The van der Waals surface area contributed by atoms with Crippen LogP contribution in [0.25, 0.3) is 0 Å². The minimum atomic E-state index is -0.498. The molecule has 0 aliphatic carbocycles. The lowest BCUT2D eigenvalue weighted by molar-refractivity contribution is -0.385. The molecule has 2 aromatic carbocycles. The van der Waals surface area contributed by atoms with E-state index >= 15 is 0 Å². The first-order valence-corrected chi connectivity index (χ1v) is 9.56. The van der Waals surface area contributed by atoms with E-state index in [2.05, 4.69) is 10.6 Å². The summed E-state index contributed by atoms with van der Waals surface area (Å²) in [6.07, 6.45) is 0.196. The average Bonchev–Trinajstić information content (AvgIpc) is 2.72. The predicted molar refractivity (Wildman–Crippen MR) is 113 cm³/mol. The fourth-order valence-corrected chi connectivity index (χ4v) is 2.71. The number of nitrogens with zero attached hydrogens (tertiary/aromatic N) is 2. The van der Waals surface area contributed by atoms with Gasteiger partial charge in [0, 0.05) is 37.4 Å². The molecule has 0 aliphatic heterocycles. The maximum absolute atomic E-state index is 12.2. The van der Waals surface area contributed by atoms with E-state index in [4.69, 9.17) is 0 Å². The van der Waals surface area contributed by atoms with Crippen molar-refractivity contribution in [2.24, 2.45) is 5.41 Å². The molecule has 31 heavy (non-hydrogen) atoms. The number of benzene rings is 2. The highest BCUT2D eigenvalue weighted by atomic mass is 16.6. The number of hydrogen-bond acceptors (Lipinski definition) is 6. The van der Waals surface area contributed by atoms with Gasteiger partial charge in [0.2, 0.25) is 11.8 Å². The first kappa shape index (κ1) is 23.5. The summed E-state index contributed by atoms with van der Waals surface area (Å²) >= 11 is 0. The number of carbonyl (C=O) groups is 2. The van der Waals surface area contributed by atoms with Crippen LogP contribution in [0.15, 0.2) is 48.5 Å². The standard InChI is InChI=1S/C21H24N4O6/c1-21(2,13-22-19(26)11-15-3-7-17(8-4-15)24(28)29)14-23-20(27)12-16-5-9-18(10-6-16)25(30)31/h3-10H,11-14H2,1-2H3,(H,22,26)(H,23,27). The summed E-state index contributed by atoms with van der Waals surface area (Å²) in [4.78, 5) is 44.6. The summed E-state index contributed by atoms with van der Waals surface area (Å²) in [5.41, 5.74) is 0.857. The summed E-state index contributed by atoms with van der Waals surface area (Å²) in [6.45, 7) is 4.45. The Morgan fingerprint density at radius 2 is 1.06 bits per heavy atom. The van der Waals surface area contributed by atoms with Crippen molar-refractivity contribution in [3.05, 3.63) is 79.9 Å². The predicted octanol–water partition coefficient (Wildman–Crippen LogP) is 2.55. The molecule has 0 radical (unpaired) electrons. The van der Waals surface area contributed by atoms with Crippen molar-refractivity contribution in [2.45, 2.75) is 26.7 Å². The van der Waals surface area contributed by atoms with E-state index in [-0.39, 0.29) is 36.0 Å². The second kappa shape index (κ2) is 10.3. The normalized spacial score (nSPS) is 10.9. The molecule has 0 saturated heterocycles. The molecule has 2 rings (SSSR count). The fourth-order valence-electron chi connectivity index (χ4n) is 2.71. The van der Waals surface area contributed by atoms with Crippen LogP contribution in [0.4, 0.5) is 11.4 Å². The number of nitro benzene ring substituents is 2. The molecule has 0 heterocycles. The zero-order valence-electron chi connectivity index (χ0n) is 17.3. The smallest absolute Gasteiger partial charge is 0.269 e. The third kappa shape index (κ3) is 7.84. The summed E-state index contributed by atoms with van der Waals surface area (Å²) < 4.78 is 0. The number of amides is 2. The lowest BCUT2D eigenvalue weighted by Crippen LogP contribution is -2.42. The van der Waals surface area contributed by atoms with Gasteiger partial charge in [-0.25, -0.2) is 0 Å². The Labute approximate surface area is 179 Å². The number of non-ortho nitro benzene ring substituents is 2. The van der Waals surface area contributed by atoms with Gasteiger partial charge in [0.15, 0.2) is 0 Å². The van der Waals surface area contributed by atoms with E-state index in [0.29, 0.717) is 24.2 Å². The molecule has 0 bridgehead atoms. The molecule has 2 amide bonds. The van der Waals surface area contributed by atoms with E-state index in [1.807, 2.05) is 13.8 Å². The van der Waals surface area contributed by atoms with Gasteiger partial charge in [-0.05, 0) is 16.5 Å². The number of hydrogen-bond donors (Lipinski definition) is 2. The van der Waals surface area contributed by atoms with Gasteiger partial charge in [0.1, 0.15) is 0 Å². The third-order valence-electron chi connectivity index (χ3n) is 4.55. The summed E-state index contributed by atoms with van der Waals surface area (Å²) in [7, 11) is 0. The van der Waals surface area contributed by atoms with E-state index in [1.54, 1.807) is 24.3 Å². The molecule has 0 unspecified atom stereocenters. The zero-order valence-corrected chi connectivity index (χ0v) is 17.3. The van der Waals surface area contributed by atoms with Crippen molar-refractivity contribution in [3.8, 4) is 0 Å². The van der Waals surface area contributed by atoms with Gasteiger partial charge in [-0.3, -0.25) is 29.8 Å². The topological polar surface area (TPSA) is 144 Å². The van der Waals surface area contributed by atoms with Gasteiger partial charge >= 0.3 is 0 Å². The van der Waals surface area contributed by atoms with Gasteiger partial charge in [-0.2, -0.15) is 0 Å². The van der Waals surface area contributed by atoms with Gasteiger partial charge < -0.3 is 10.6 Å². The molecule has 164 valence electrons. The fraction of sp³-hybridized carbons (Fsp3) is 0.333. The minimum absolute atomic E-state index is 0.0326. The van der Waals surface area contributed by atoms with Gasteiger partial charge in [-0.1, -0.05) is 38.1 Å². The molecule has 0 fully saturated rings. The Hall–Kier alpha value is -3.82.